The molecule has 0 bridgehead atoms. The lowest BCUT2D eigenvalue weighted by Crippen LogP contribution is -2.49. The highest BCUT2D eigenvalue weighted by Crippen LogP contribution is 2.32. The number of anilines is 1. The van der Waals surface area contributed by atoms with Crippen LogP contribution in [0, 0.1) is 0 Å². The first-order valence-electron chi connectivity index (χ1n) is 14.4. The number of piperazine rings is 1. The Kier molecular flexibility index (Phi) is 8.14. The van der Waals surface area contributed by atoms with Crippen molar-refractivity contribution >= 4 is 16.6 Å². The number of methoxy groups -OCH3 is 1. The molecule has 10 nitrogen and oxygen atoms in total. The number of aromatic nitrogens is 5. The highest BCUT2D eigenvalue weighted by molar-refractivity contribution is 5.80. The molecule has 0 aliphatic carbocycles. The van der Waals surface area contributed by atoms with Crippen LogP contribution in [0.1, 0.15) is 29.9 Å². The van der Waals surface area contributed by atoms with Gasteiger partial charge in [0.2, 0.25) is 0 Å². The van der Waals surface area contributed by atoms with E-state index in [9.17, 15) is 4.79 Å². The summed E-state index contributed by atoms with van der Waals surface area (Å²) in [6.45, 7) is 6.08. The molecule has 0 saturated carbocycles. The van der Waals surface area contributed by atoms with E-state index in [1.165, 1.54) is 5.56 Å². The van der Waals surface area contributed by atoms with Crippen molar-refractivity contribution in [2.45, 2.75) is 25.9 Å². The first kappa shape index (κ1) is 27.5. The molecule has 6 rings (SSSR count). The predicted octanol–water partition coefficient (Wildman–Crippen LogP) is 4.08. The van der Waals surface area contributed by atoms with E-state index in [4.69, 9.17) is 9.47 Å². The summed E-state index contributed by atoms with van der Waals surface area (Å²) in [5.41, 5.74) is 3.48. The van der Waals surface area contributed by atoms with Gasteiger partial charge in [0.05, 0.1) is 19.4 Å². The fourth-order valence-corrected chi connectivity index (χ4v) is 5.72. The third-order valence-corrected chi connectivity index (χ3v) is 7.81. The Bertz CT molecular complexity index is 1690. The van der Waals surface area contributed by atoms with Crippen LogP contribution in [-0.2, 0) is 13.0 Å². The molecular formula is C32H35N7O3. The van der Waals surface area contributed by atoms with E-state index in [-0.39, 0.29) is 5.56 Å². The second kappa shape index (κ2) is 12.4. The standard InChI is InChI=1S/C32H35N7O3/c1-3-42-25-13-14-27-24(21-25)22-26(32(40)33-27)30(31-34-35-36-39(31)16-15-23-9-5-4-6-10-23)38-19-17-37(18-20-38)28-11-7-8-12-29(28)41-2/h4-14,21-22,30H,3,15-20H2,1-2H3,(H,33,40)/t30-/m1/s1. The lowest BCUT2D eigenvalue weighted by molar-refractivity contribution is 0.199. The van der Waals surface area contributed by atoms with E-state index in [0.717, 1.165) is 47.6 Å². The van der Waals surface area contributed by atoms with E-state index in [0.29, 0.717) is 37.6 Å². The van der Waals surface area contributed by atoms with Crippen molar-refractivity contribution in [2.75, 3.05) is 44.8 Å². The van der Waals surface area contributed by atoms with Gasteiger partial charge >= 0.3 is 0 Å². The molecule has 0 radical (unpaired) electrons. The number of tetrazole rings is 1. The van der Waals surface area contributed by atoms with Gasteiger partial charge in [-0.3, -0.25) is 9.69 Å². The van der Waals surface area contributed by atoms with Crippen LogP contribution in [0.3, 0.4) is 0 Å². The fourth-order valence-electron chi connectivity index (χ4n) is 5.72. The zero-order valence-corrected chi connectivity index (χ0v) is 23.9. The maximum Gasteiger partial charge on any atom is 0.253 e. The number of hydrogen-bond donors (Lipinski definition) is 1. The smallest absolute Gasteiger partial charge is 0.253 e. The molecule has 42 heavy (non-hydrogen) atoms. The Balaban J connectivity index is 1.36. The van der Waals surface area contributed by atoms with Crippen LogP contribution >= 0.6 is 0 Å². The number of nitrogens with zero attached hydrogens (tertiary/aromatic N) is 6. The number of pyridine rings is 1. The van der Waals surface area contributed by atoms with Crippen LogP contribution in [0.25, 0.3) is 10.9 Å². The summed E-state index contributed by atoms with van der Waals surface area (Å²) < 4.78 is 13.2. The molecule has 2 aromatic heterocycles. The summed E-state index contributed by atoms with van der Waals surface area (Å²) in [4.78, 5) is 21.4. The number of hydrogen-bond acceptors (Lipinski definition) is 8. The van der Waals surface area contributed by atoms with Crippen molar-refractivity contribution in [1.29, 1.82) is 0 Å². The maximum absolute atomic E-state index is 13.7. The van der Waals surface area contributed by atoms with Crippen molar-refractivity contribution < 1.29 is 9.47 Å². The number of ether oxygens (including phenoxy) is 2. The van der Waals surface area contributed by atoms with Gasteiger partial charge in [0.15, 0.2) is 5.82 Å². The summed E-state index contributed by atoms with van der Waals surface area (Å²) >= 11 is 0. The largest absolute Gasteiger partial charge is 0.495 e. The van der Waals surface area contributed by atoms with Crippen LogP contribution < -0.4 is 19.9 Å². The Morgan fingerprint density at radius 3 is 2.52 bits per heavy atom. The summed E-state index contributed by atoms with van der Waals surface area (Å²) in [5.74, 6) is 2.27. The number of benzene rings is 3. The maximum atomic E-state index is 13.7. The number of aryl methyl sites for hydroxylation is 2. The molecule has 216 valence electrons. The van der Waals surface area contributed by atoms with E-state index in [1.807, 2.05) is 72.3 Å². The van der Waals surface area contributed by atoms with Gasteiger partial charge in [-0.2, -0.15) is 0 Å². The van der Waals surface area contributed by atoms with Crippen LogP contribution in [0.5, 0.6) is 11.5 Å². The van der Waals surface area contributed by atoms with Gasteiger partial charge in [0.25, 0.3) is 5.56 Å². The minimum atomic E-state index is -0.431. The molecule has 1 saturated heterocycles. The van der Waals surface area contributed by atoms with Gasteiger partial charge in [-0.1, -0.05) is 42.5 Å². The molecule has 10 heteroatoms. The molecule has 3 heterocycles. The van der Waals surface area contributed by atoms with Crippen molar-refractivity contribution in [3.05, 3.63) is 106 Å². The monoisotopic (exact) mass is 565 g/mol. The number of aromatic amines is 1. The molecule has 0 amide bonds. The quantitative estimate of drug-likeness (QED) is 0.270. The predicted molar refractivity (Wildman–Crippen MR) is 162 cm³/mol. The number of rotatable bonds is 10. The molecule has 0 spiro atoms. The van der Waals surface area contributed by atoms with Gasteiger partial charge in [0, 0.05) is 49.2 Å². The average Bonchev–Trinajstić information content (AvgIpc) is 3.49. The molecule has 3 aromatic carbocycles. The zero-order chi connectivity index (χ0) is 28.9. The molecule has 1 aliphatic heterocycles. The van der Waals surface area contributed by atoms with E-state index >= 15 is 0 Å². The zero-order valence-electron chi connectivity index (χ0n) is 23.9. The highest BCUT2D eigenvalue weighted by Gasteiger charge is 2.33. The van der Waals surface area contributed by atoms with Crippen LogP contribution in [0.2, 0.25) is 0 Å². The second-order valence-corrected chi connectivity index (χ2v) is 10.3. The third kappa shape index (κ3) is 5.71. The minimum Gasteiger partial charge on any atom is -0.495 e. The normalized spacial score (nSPS) is 14.7. The minimum absolute atomic E-state index is 0.151. The molecule has 1 aliphatic rings. The molecular weight excluding hydrogens is 530 g/mol. The SMILES string of the molecule is CCOc1ccc2[nH]c(=O)c([C@H](c3nnnn3CCc3ccccc3)N3CCN(c4ccccc4OC)CC3)cc2c1. The number of fused-ring (bicyclic) bond motifs is 1. The van der Waals surface area contributed by atoms with E-state index in [2.05, 4.69) is 48.5 Å². The van der Waals surface area contributed by atoms with Crippen LogP contribution in [0.4, 0.5) is 5.69 Å². The lowest BCUT2D eigenvalue weighted by Gasteiger charge is -2.40. The Labute approximate surface area is 244 Å². The molecule has 5 aromatic rings. The molecule has 1 atom stereocenters. The molecule has 1 fully saturated rings. The number of para-hydroxylation sites is 2. The second-order valence-electron chi connectivity index (χ2n) is 10.3. The van der Waals surface area contributed by atoms with Crippen molar-refractivity contribution in [3.8, 4) is 11.5 Å². The fraction of sp³-hybridized carbons (Fsp3) is 0.312. The van der Waals surface area contributed by atoms with Gasteiger partial charge in [-0.15, -0.1) is 5.10 Å². The van der Waals surface area contributed by atoms with Gasteiger partial charge < -0.3 is 19.4 Å². The van der Waals surface area contributed by atoms with Gasteiger partial charge in [-0.25, -0.2) is 4.68 Å². The first-order chi connectivity index (χ1) is 20.6. The highest BCUT2D eigenvalue weighted by atomic mass is 16.5. The third-order valence-electron chi connectivity index (χ3n) is 7.81. The van der Waals surface area contributed by atoms with Crippen LogP contribution in [-0.4, -0.2) is 70.0 Å². The first-order valence-corrected chi connectivity index (χ1v) is 14.4. The summed E-state index contributed by atoms with van der Waals surface area (Å²) in [5, 5.41) is 13.8. The Morgan fingerprint density at radius 1 is 0.952 bits per heavy atom. The van der Waals surface area contributed by atoms with Crippen molar-refractivity contribution in [2.24, 2.45) is 0 Å². The van der Waals surface area contributed by atoms with E-state index < -0.39 is 6.04 Å². The summed E-state index contributed by atoms with van der Waals surface area (Å²) in [6.07, 6.45) is 0.777. The Hall–Kier alpha value is -4.70. The molecule has 1 N–H and O–H groups in total. The number of nitrogens with one attached hydrogen (secondary N) is 1. The van der Waals surface area contributed by atoms with Gasteiger partial charge in [0.1, 0.15) is 17.5 Å². The van der Waals surface area contributed by atoms with Gasteiger partial charge in [-0.05, 0) is 65.7 Å². The van der Waals surface area contributed by atoms with E-state index in [1.54, 1.807) is 7.11 Å². The summed E-state index contributed by atoms with van der Waals surface area (Å²) in [6, 6.07) is 25.6. The number of H-pyrrole nitrogens is 1. The Morgan fingerprint density at radius 2 is 1.74 bits per heavy atom. The van der Waals surface area contributed by atoms with Crippen molar-refractivity contribution in [1.82, 2.24) is 30.1 Å². The van der Waals surface area contributed by atoms with Crippen molar-refractivity contribution in [3.63, 3.8) is 0 Å². The lowest BCUT2D eigenvalue weighted by atomic mass is 10.0. The molecule has 0 unspecified atom stereocenters. The summed E-state index contributed by atoms with van der Waals surface area (Å²) in [7, 11) is 1.70. The average molecular weight is 566 g/mol. The van der Waals surface area contributed by atoms with Crippen LogP contribution in [0.15, 0.2) is 83.7 Å². The topological polar surface area (TPSA) is 101 Å².